The number of ether oxygens (including phenoxy) is 1. The molecule has 2 aliphatic heterocycles. The molecular weight excluding hydrogens is 314 g/mol. The number of nitrogens with zero attached hydrogens (tertiary/aromatic N) is 5. The predicted octanol–water partition coefficient (Wildman–Crippen LogP) is 1.99. The van der Waals surface area contributed by atoms with Crippen molar-refractivity contribution in [3.05, 3.63) is 48.5 Å². The molecule has 2 aliphatic rings. The summed E-state index contributed by atoms with van der Waals surface area (Å²) in [6.45, 7) is 6.56. The predicted molar refractivity (Wildman–Crippen MR) is 96.2 cm³/mol. The molecule has 2 saturated heterocycles. The number of piperidine rings is 1. The quantitative estimate of drug-likeness (QED) is 0.852. The molecule has 2 fully saturated rings. The van der Waals surface area contributed by atoms with Crippen molar-refractivity contribution in [3.8, 4) is 0 Å². The molecule has 0 bridgehead atoms. The molecule has 0 aromatic carbocycles. The summed E-state index contributed by atoms with van der Waals surface area (Å²) < 4.78 is 6.00. The van der Waals surface area contributed by atoms with Gasteiger partial charge in [-0.2, -0.15) is 0 Å². The third-order valence-corrected chi connectivity index (χ3v) is 5.17. The fourth-order valence-electron chi connectivity index (χ4n) is 4.06. The van der Waals surface area contributed by atoms with Crippen molar-refractivity contribution in [2.45, 2.75) is 19.4 Å². The Morgan fingerprint density at radius 3 is 2.72 bits per heavy atom. The molecule has 0 unspecified atom stereocenters. The van der Waals surface area contributed by atoms with Crippen LogP contribution in [0.4, 0.5) is 5.95 Å². The normalized spacial score (nSPS) is 25.0. The minimum absolute atomic E-state index is 0.154. The van der Waals surface area contributed by atoms with E-state index in [-0.39, 0.29) is 5.41 Å². The highest BCUT2D eigenvalue weighted by Crippen LogP contribution is 2.34. The van der Waals surface area contributed by atoms with Crippen molar-refractivity contribution in [3.63, 3.8) is 0 Å². The summed E-state index contributed by atoms with van der Waals surface area (Å²) in [7, 11) is 0. The van der Waals surface area contributed by atoms with Crippen LogP contribution in [0.3, 0.4) is 0 Å². The molecule has 4 heterocycles. The van der Waals surface area contributed by atoms with E-state index in [1.54, 1.807) is 0 Å². The summed E-state index contributed by atoms with van der Waals surface area (Å²) in [6, 6.07) is 6.08. The Morgan fingerprint density at radius 1 is 1.04 bits per heavy atom. The Balaban J connectivity index is 1.49. The molecular formula is C19H25N5O. The average Bonchev–Trinajstić information content (AvgIpc) is 2.86. The summed E-state index contributed by atoms with van der Waals surface area (Å²) in [5.41, 5.74) is 1.48. The Hall–Kier alpha value is -2.05. The summed E-state index contributed by atoms with van der Waals surface area (Å²) in [6.07, 6.45) is 9.78. The van der Waals surface area contributed by atoms with E-state index in [4.69, 9.17) is 4.74 Å². The molecule has 1 spiro atoms. The van der Waals surface area contributed by atoms with Gasteiger partial charge < -0.3 is 9.64 Å². The second-order valence-electron chi connectivity index (χ2n) is 7.19. The minimum Gasteiger partial charge on any atom is -0.379 e. The first-order valence-corrected chi connectivity index (χ1v) is 9.04. The highest BCUT2D eigenvalue weighted by molar-refractivity contribution is 5.29. The van der Waals surface area contributed by atoms with Gasteiger partial charge in [0.2, 0.25) is 5.95 Å². The van der Waals surface area contributed by atoms with Crippen LogP contribution in [0, 0.1) is 5.41 Å². The van der Waals surface area contributed by atoms with E-state index in [1.807, 2.05) is 30.9 Å². The zero-order valence-corrected chi connectivity index (χ0v) is 14.5. The Labute approximate surface area is 148 Å². The molecule has 6 heteroatoms. The van der Waals surface area contributed by atoms with Crippen LogP contribution in [0.5, 0.6) is 0 Å². The van der Waals surface area contributed by atoms with E-state index >= 15 is 0 Å². The Bertz CT molecular complexity index is 668. The van der Waals surface area contributed by atoms with Crippen LogP contribution < -0.4 is 4.90 Å². The molecule has 0 aliphatic carbocycles. The van der Waals surface area contributed by atoms with Gasteiger partial charge in [-0.05, 0) is 43.1 Å². The smallest absolute Gasteiger partial charge is 0.225 e. The lowest BCUT2D eigenvalue weighted by Gasteiger charge is -2.43. The van der Waals surface area contributed by atoms with Gasteiger partial charge in [0.1, 0.15) is 0 Å². The van der Waals surface area contributed by atoms with Gasteiger partial charge in [0.25, 0.3) is 0 Å². The van der Waals surface area contributed by atoms with Crippen molar-refractivity contribution >= 4 is 5.95 Å². The van der Waals surface area contributed by atoms with E-state index in [9.17, 15) is 0 Å². The fourth-order valence-corrected chi connectivity index (χ4v) is 4.06. The van der Waals surface area contributed by atoms with Gasteiger partial charge in [-0.15, -0.1) is 0 Å². The van der Waals surface area contributed by atoms with E-state index in [2.05, 4.69) is 36.9 Å². The standard InChI is InChI=1S/C19H25N5O/c1-5-19(14-23(10-1)13-17-3-8-20-9-4-17)15-24(11-12-25-16-19)18-21-6-2-7-22-18/h2-4,6-9H,1,5,10-16H2/t19-/m1/s1. The van der Waals surface area contributed by atoms with E-state index in [0.717, 1.165) is 51.9 Å². The second kappa shape index (κ2) is 7.45. The monoisotopic (exact) mass is 339 g/mol. The lowest BCUT2D eigenvalue weighted by atomic mass is 9.80. The summed E-state index contributed by atoms with van der Waals surface area (Å²) >= 11 is 0. The van der Waals surface area contributed by atoms with Crippen LogP contribution in [0.15, 0.2) is 43.0 Å². The van der Waals surface area contributed by atoms with Gasteiger partial charge in [0.15, 0.2) is 0 Å². The minimum atomic E-state index is 0.154. The molecule has 0 saturated carbocycles. The van der Waals surface area contributed by atoms with Crippen molar-refractivity contribution in [1.82, 2.24) is 19.9 Å². The molecule has 2 aromatic heterocycles. The number of likely N-dealkylation sites (tertiary alicyclic amines) is 1. The van der Waals surface area contributed by atoms with Crippen molar-refractivity contribution < 1.29 is 4.74 Å². The first-order chi connectivity index (χ1) is 12.3. The SMILES string of the molecule is c1cnc(N2CCOC[C@@]3(CCCN(Cc4ccncc4)C3)C2)nc1. The van der Waals surface area contributed by atoms with Gasteiger partial charge >= 0.3 is 0 Å². The third kappa shape index (κ3) is 3.96. The van der Waals surface area contributed by atoms with Crippen molar-refractivity contribution in [2.75, 3.05) is 44.3 Å². The second-order valence-corrected chi connectivity index (χ2v) is 7.19. The first-order valence-electron chi connectivity index (χ1n) is 9.04. The molecule has 1 atom stereocenters. The molecule has 0 radical (unpaired) electrons. The average molecular weight is 339 g/mol. The van der Waals surface area contributed by atoms with E-state index < -0.39 is 0 Å². The maximum absolute atomic E-state index is 6.00. The molecule has 0 N–H and O–H groups in total. The molecule has 6 nitrogen and oxygen atoms in total. The maximum Gasteiger partial charge on any atom is 0.225 e. The molecule has 4 rings (SSSR count). The molecule has 132 valence electrons. The Kier molecular flexibility index (Phi) is 4.90. The number of pyridine rings is 1. The third-order valence-electron chi connectivity index (χ3n) is 5.17. The number of aromatic nitrogens is 3. The number of hydrogen-bond donors (Lipinski definition) is 0. The van der Waals surface area contributed by atoms with Gasteiger partial charge in [0.05, 0.1) is 13.2 Å². The summed E-state index contributed by atoms with van der Waals surface area (Å²) in [4.78, 5) is 17.9. The molecule has 25 heavy (non-hydrogen) atoms. The first kappa shape index (κ1) is 16.4. The molecule has 0 amide bonds. The van der Waals surface area contributed by atoms with E-state index in [1.165, 1.54) is 18.4 Å². The van der Waals surface area contributed by atoms with Crippen LogP contribution >= 0.6 is 0 Å². The topological polar surface area (TPSA) is 54.4 Å². The van der Waals surface area contributed by atoms with Gasteiger partial charge in [-0.3, -0.25) is 9.88 Å². The van der Waals surface area contributed by atoms with Gasteiger partial charge in [-0.1, -0.05) is 0 Å². The highest BCUT2D eigenvalue weighted by Gasteiger charge is 2.39. The maximum atomic E-state index is 6.00. The zero-order chi connectivity index (χ0) is 17.0. The van der Waals surface area contributed by atoms with Crippen LogP contribution in [-0.4, -0.2) is 59.2 Å². The number of anilines is 1. The van der Waals surface area contributed by atoms with Gasteiger partial charge in [0, 0.05) is 56.4 Å². The van der Waals surface area contributed by atoms with Crippen LogP contribution in [0.1, 0.15) is 18.4 Å². The van der Waals surface area contributed by atoms with Crippen molar-refractivity contribution in [1.29, 1.82) is 0 Å². The lowest BCUT2D eigenvalue weighted by Crippen LogP contribution is -2.50. The Morgan fingerprint density at radius 2 is 1.88 bits per heavy atom. The van der Waals surface area contributed by atoms with Crippen molar-refractivity contribution in [2.24, 2.45) is 5.41 Å². The highest BCUT2D eigenvalue weighted by atomic mass is 16.5. The summed E-state index contributed by atoms with van der Waals surface area (Å²) in [5, 5.41) is 0. The fraction of sp³-hybridized carbons (Fsp3) is 0.526. The van der Waals surface area contributed by atoms with Crippen LogP contribution in [-0.2, 0) is 11.3 Å². The molecule has 2 aromatic rings. The lowest BCUT2D eigenvalue weighted by molar-refractivity contribution is 0.0106. The largest absolute Gasteiger partial charge is 0.379 e. The van der Waals surface area contributed by atoms with Crippen LogP contribution in [0.25, 0.3) is 0 Å². The summed E-state index contributed by atoms with van der Waals surface area (Å²) in [5.74, 6) is 0.818. The zero-order valence-electron chi connectivity index (χ0n) is 14.5. The van der Waals surface area contributed by atoms with Crippen LogP contribution in [0.2, 0.25) is 0 Å². The number of rotatable bonds is 3. The van der Waals surface area contributed by atoms with E-state index in [0.29, 0.717) is 0 Å². The van der Waals surface area contributed by atoms with Gasteiger partial charge in [-0.25, -0.2) is 9.97 Å². The number of hydrogen-bond acceptors (Lipinski definition) is 6.